The molecule has 3 N–H and O–H groups in total. The summed E-state index contributed by atoms with van der Waals surface area (Å²) in [6, 6.07) is 7.50. The van der Waals surface area contributed by atoms with Crippen molar-refractivity contribution < 1.29 is 14.2 Å². The highest BCUT2D eigenvalue weighted by Gasteiger charge is 2.17. The molecule has 20 heavy (non-hydrogen) atoms. The zero-order valence-electron chi connectivity index (χ0n) is 11.7. The van der Waals surface area contributed by atoms with Crippen LogP contribution in [0.15, 0.2) is 29.6 Å². The molecule has 0 saturated carbocycles. The predicted molar refractivity (Wildman–Crippen MR) is 79.6 cm³/mol. The van der Waals surface area contributed by atoms with Crippen LogP contribution in [0.1, 0.15) is 16.5 Å². The lowest BCUT2D eigenvalue weighted by Crippen LogP contribution is -2.28. The van der Waals surface area contributed by atoms with Crippen molar-refractivity contribution in [3.63, 3.8) is 0 Å². The molecule has 1 atom stereocenters. The van der Waals surface area contributed by atoms with Crippen molar-refractivity contribution in [1.29, 1.82) is 0 Å². The van der Waals surface area contributed by atoms with Crippen LogP contribution in [-0.2, 0) is 0 Å². The molecule has 0 aliphatic heterocycles. The molecule has 6 heteroatoms. The van der Waals surface area contributed by atoms with Gasteiger partial charge in [0.15, 0.2) is 0 Å². The quantitative estimate of drug-likeness (QED) is 0.632. The minimum atomic E-state index is -0.145. The monoisotopic (exact) mass is 294 g/mol. The number of methoxy groups -OCH3 is 3. The van der Waals surface area contributed by atoms with Crippen molar-refractivity contribution >= 4 is 11.3 Å². The van der Waals surface area contributed by atoms with E-state index >= 15 is 0 Å². The third-order valence-electron chi connectivity index (χ3n) is 2.99. The van der Waals surface area contributed by atoms with Gasteiger partial charge in [-0.25, -0.2) is 5.43 Å². The Hall–Kier alpha value is -1.76. The van der Waals surface area contributed by atoms with Gasteiger partial charge in [0.1, 0.15) is 17.2 Å². The number of benzene rings is 1. The van der Waals surface area contributed by atoms with Crippen LogP contribution in [0.3, 0.4) is 0 Å². The Balaban J connectivity index is 2.40. The number of thiophene rings is 1. The summed E-state index contributed by atoms with van der Waals surface area (Å²) in [5.74, 6) is 7.97. The molecule has 0 bridgehead atoms. The minimum Gasteiger partial charge on any atom is -0.497 e. The van der Waals surface area contributed by atoms with Crippen LogP contribution in [-0.4, -0.2) is 21.3 Å². The summed E-state index contributed by atoms with van der Waals surface area (Å²) < 4.78 is 15.8. The summed E-state index contributed by atoms with van der Waals surface area (Å²) in [4.78, 5) is 1.06. The fourth-order valence-corrected chi connectivity index (χ4v) is 2.87. The van der Waals surface area contributed by atoms with Gasteiger partial charge in [0.05, 0.1) is 27.4 Å². The number of rotatable bonds is 6. The first-order valence-electron chi connectivity index (χ1n) is 6.03. The molecule has 2 aromatic rings. The van der Waals surface area contributed by atoms with Crippen LogP contribution in [0.25, 0.3) is 0 Å². The molecule has 0 radical (unpaired) electrons. The van der Waals surface area contributed by atoms with Crippen molar-refractivity contribution in [1.82, 2.24) is 5.43 Å². The average molecular weight is 294 g/mol. The molecule has 0 spiro atoms. The number of hydrogen-bond donors (Lipinski definition) is 2. The number of nitrogens with two attached hydrogens (primary N) is 1. The van der Waals surface area contributed by atoms with Gasteiger partial charge >= 0.3 is 0 Å². The van der Waals surface area contributed by atoms with Gasteiger partial charge in [-0.2, -0.15) is 0 Å². The largest absolute Gasteiger partial charge is 0.497 e. The summed E-state index contributed by atoms with van der Waals surface area (Å²) >= 11 is 1.58. The molecule has 5 nitrogen and oxygen atoms in total. The highest BCUT2D eigenvalue weighted by Crippen LogP contribution is 2.34. The van der Waals surface area contributed by atoms with E-state index in [0.29, 0.717) is 0 Å². The Bertz CT molecular complexity index is 549. The van der Waals surface area contributed by atoms with Gasteiger partial charge in [-0.3, -0.25) is 5.84 Å². The van der Waals surface area contributed by atoms with Crippen LogP contribution in [0.5, 0.6) is 17.2 Å². The number of ether oxygens (including phenoxy) is 3. The van der Waals surface area contributed by atoms with Crippen molar-refractivity contribution in [3.05, 3.63) is 40.1 Å². The van der Waals surface area contributed by atoms with Crippen LogP contribution < -0.4 is 25.5 Å². The van der Waals surface area contributed by atoms with Crippen molar-refractivity contribution in [2.45, 2.75) is 6.04 Å². The highest BCUT2D eigenvalue weighted by atomic mass is 32.1. The molecule has 0 amide bonds. The van der Waals surface area contributed by atoms with Crippen molar-refractivity contribution in [2.24, 2.45) is 5.84 Å². The van der Waals surface area contributed by atoms with E-state index < -0.39 is 0 Å². The Morgan fingerprint density at radius 2 is 1.55 bits per heavy atom. The van der Waals surface area contributed by atoms with E-state index in [2.05, 4.69) is 5.43 Å². The normalized spacial score (nSPS) is 12.0. The van der Waals surface area contributed by atoms with Gasteiger partial charge in [-0.05, 0) is 23.8 Å². The van der Waals surface area contributed by atoms with Crippen LogP contribution in [0, 0.1) is 0 Å². The smallest absolute Gasteiger partial charge is 0.129 e. The van der Waals surface area contributed by atoms with Gasteiger partial charge in [0, 0.05) is 16.3 Å². The van der Waals surface area contributed by atoms with Gasteiger partial charge in [-0.1, -0.05) is 0 Å². The lowest BCUT2D eigenvalue weighted by atomic mass is 10.1. The maximum Gasteiger partial charge on any atom is 0.129 e. The molecule has 1 heterocycles. The third-order valence-corrected chi connectivity index (χ3v) is 3.97. The average Bonchev–Trinajstić information content (AvgIpc) is 2.96. The number of nitrogens with one attached hydrogen (secondary N) is 1. The fourth-order valence-electron chi connectivity index (χ4n) is 1.93. The van der Waals surface area contributed by atoms with Crippen LogP contribution in [0.4, 0.5) is 0 Å². The van der Waals surface area contributed by atoms with Crippen molar-refractivity contribution in [3.8, 4) is 17.2 Å². The van der Waals surface area contributed by atoms with E-state index in [1.807, 2.05) is 29.6 Å². The highest BCUT2D eigenvalue weighted by molar-refractivity contribution is 7.10. The second-order valence-corrected chi connectivity index (χ2v) is 5.08. The standard InChI is InChI=1S/C14H18N2O3S/c1-17-10-4-9(5-11(6-10)18-2)14(16-15)13-7-12(19-3)8-20-13/h4-8,14,16H,15H2,1-3H3. The molecule has 1 aromatic carbocycles. The topological polar surface area (TPSA) is 65.7 Å². The van der Waals surface area contributed by atoms with E-state index in [-0.39, 0.29) is 6.04 Å². The lowest BCUT2D eigenvalue weighted by Gasteiger charge is -2.16. The third kappa shape index (κ3) is 3.04. The molecule has 2 rings (SSSR count). The molecular formula is C14H18N2O3S. The van der Waals surface area contributed by atoms with E-state index in [4.69, 9.17) is 20.1 Å². The Kier molecular flexibility index (Phi) is 4.84. The molecule has 0 saturated heterocycles. The molecule has 1 aromatic heterocycles. The summed E-state index contributed by atoms with van der Waals surface area (Å²) in [7, 11) is 4.89. The van der Waals surface area contributed by atoms with E-state index in [0.717, 1.165) is 27.7 Å². The van der Waals surface area contributed by atoms with Crippen LogP contribution in [0.2, 0.25) is 0 Å². The number of hydrazine groups is 1. The molecule has 0 aliphatic carbocycles. The fraction of sp³-hybridized carbons (Fsp3) is 0.286. The molecule has 1 unspecified atom stereocenters. The Labute approximate surface area is 122 Å². The maximum atomic E-state index is 5.70. The van der Waals surface area contributed by atoms with Crippen LogP contribution >= 0.6 is 11.3 Å². The first-order chi connectivity index (χ1) is 9.71. The zero-order chi connectivity index (χ0) is 14.5. The second-order valence-electron chi connectivity index (χ2n) is 4.13. The summed E-state index contributed by atoms with van der Waals surface area (Å²) in [6.45, 7) is 0. The van der Waals surface area contributed by atoms with Gasteiger partial charge in [0.25, 0.3) is 0 Å². The maximum absolute atomic E-state index is 5.70. The predicted octanol–water partition coefficient (Wildman–Crippen LogP) is 2.33. The lowest BCUT2D eigenvalue weighted by molar-refractivity contribution is 0.392. The minimum absolute atomic E-state index is 0.145. The Morgan fingerprint density at radius 1 is 0.950 bits per heavy atom. The van der Waals surface area contributed by atoms with E-state index in [9.17, 15) is 0 Å². The first kappa shape index (κ1) is 14.6. The van der Waals surface area contributed by atoms with Crippen molar-refractivity contribution in [2.75, 3.05) is 21.3 Å². The summed E-state index contributed by atoms with van der Waals surface area (Å²) in [5.41, 5.74) is 3.78. The summed E-state index contributed by atoms with van der Waals surface area (Å²) in [6.07, 6.45) is 0. The second kappa shape index (κ2) is 6.60. The SMILES string of the molecule is COc1cc(OC)cc(C(NN)c2cc(OC)cs2)c1. The molecule has 108 valence electrons. The summed E-state index contributed by atoms with van der Waals surface area (Å²) in [5, 5.41) is 1.94. The van der Waals surface area contributed by atoms with E-state index in [1.54, 1.807) is 32.7 Å². The van der Waals surface area contributed by atoms with Gasteiger partial charge in [0.2, 0.25) is 0 Å². The molecule has 0 aliphatic rings. The molecular weight excluding hydrogens is 276 g/mol. The van der Waals surface area contributed by atoms with Gasteiger partial charge in [-0.15, -0.1) is 11.3 Å². The first-order valence-corrected chi connectivity index (χ1v) is 6.91. The molecule has 0 fully saturated rings. The zero-order valence-corrected chi connectivity index (χ0v) is 12.5. The van der Waals surface area contributed by atoms with E-state index in [1.165, 1.54) is 0 Å². The number of hydrogen-bond acceptors (Lipinski definition) is 6. The van der Waals surface area contributed by atoms with Gasteiger partial charge < -0.3 is 14.2 Å². The Morgan fingerprint density at radius 3 is 2.00 bits per heavy atom.